The Bertz CT molecular complexity index is 798. The molecule has 2 heteroatoms. The average Bonchev–Trinajstić information content (AvgIpc) is 3.04. The lowest BCUT2D eigenvalue weighted by molar-refractivity contribution is -0.119. The van der Waals surface area contributed by atoms with Crippen LogP contribution in [0.1, 0.15) is 60.3 Å². The summed E-state index contributed by atoms with van der Waals surface area (Å²) in [4.78, 5) is 24.2. The third-order valence-electron chi connectivity index (χ3n) is 6.94. The molecule has 1 fully saturated rings. The lowest BCUT2D eigenvalue weighted by Gasteiger charge is -2.38. The Morgan fingerprint density at radius 2 is 2.00 bits per heavy atom. The van der Waals surface area contributed by atoms with E-state index in [4.69, 9.17) is 0 Å². The molecule has 0 heterocycles. The van der Waals surface area contributed by atoms with Gasteiger partial charge >= 0.3 is 0 Å². The number of hydrogen-bond acceptors (Lipinski definition) is 2. The third kappa shape index (κ3) is 3.72. The second-order valence-electron chi connectivity index (χ2n) is 9.15. The van der Waals surface area contributed by atoms with Crippen molar-refractivity contribution in [2.24, 2.45) is 23.2 Å². The Morgan fingerprint density at radius 1 is 1.26 bits per heavy atom. The third-order valence-corrected chi connectivity index (χ3v) is 6.94. The monoisotopic (exact) mass is 364 g/mol. The summed E-state index contributed by atoms with van der Waals surface area (Å²) >= 11 is 0. The van der Waals surface area contributed by atoms with Gasteiger partial charge in [0.25, 0.3) is 0 Å². The van der Waals surface area contributed by atoms with Gasteiger partial charge in [-0.15, -0.1) is 0 Å². The fourth-order valence-electron chi connectivity index (χ4n) is 5.39. The predicted octanol–water partition coefficient (Wildman–Crippen LogP) is 5.92. The molecule has 0 aliphatic heterocycles. The van der Waals surface area contributed by atoms with Crippen molar-refractivity contribution >= 4 is 12.1 Å². The van der Waals surface area contributed by atoms with Gasteiger partial charge in [-0.05, 0) is 82.3 Å². The van der Waals surface area contributed by atoms with Crippen molar-refractivity contribution in [2.45, 2.75) is 60.3 Å². The van der Waals surface area contributed by atoms with Gasteiger partial charge in [0.05, 0.1) is 5.92 Å². The van der Waals surface area contributed by atoms with E-state index in [9.17, 15) is 9.59 Å². The molecule has 0 unspecified atom stereocenters. The molecule has 0 aromatic heterocycles. The predicted molar refractivity (Wildman–Crippen MR) is 111 cm³/mol. The molecule has 0 aromatic carbocycles. The lowest BCUT2D eigenvalue weighted by atomic mass is 9.65. The Labute approximate surface area is 163 Å². The first kappa shape index (κ1) is 19.8. The topological polar surface area (TPSA) is 34.1 Å². The van der Waals surface area contributed by atoms with Crippen LogP contribution in [0.4, 0.5) is 0 Å². The number of ketones is 1. The van der Waals surface area contributed by atoms with Crippen LogP contribution in [-0.2, 0) is 9.59 Å². The zero-order chi connectivity index (χ0) is 19.8. The largest absolute Gasteiger partial charge is 0.298 e. The number of aldehydes is 1. The molecule has 144 valence electrons. The van der Waals surface area contributed by atoms with Gasteiger partial charge in [0, 0.05) is 0 Å². The zero-order valence-electron chi connectivity index (χ0n) is 17.3. The normalized spacial score (nSPS) is 36.9. The standard InChI is InChI=1S/C25H32O2/c1-16(2)7-6-8-17(3)20-11-12-25(5)14-21-18(4)13-23(27)24(21)19(15-26)9-10-22(20)25/h6-9,13,15,21-22,24H,10-12,14H2,1-5H3/b8-6+,19-9-,20-17+/t21-,22+,24+,25-/m1/s1. The van der Waals surface area contributed by atoms with Gasteiger partial charge in [-0.1, -0.05) is 53.5 Å². The maximum absolute atomic E-state index is 12.5. The van der Waals surface area contributed by atoms with Crippen LogP contribution < -0.4 is 0 Å². The number of allylic oxidation sites excluding steroid dienone is 10. The first-order valence-electron chi connectivity index (χ1n) is 10.2. The van der Waals surface area contributed by atoms with Gasteiger partial charge in [0.2, 0.25) is 0 Å². The first-order chi connectivity index (χ1) is 12.8. The van der Waals surface area contributed by atoms with Gasteiger partial charge < -0.3 is 0 Å². The van der Waals surface area contributed by atoms with Gasteiger partial charge in [0.1, 0.15) is 6.29 Å². The molecule has 3 aliphatic carbocycles. The summed E-state index contributed by atoms with van der Waals surface area (Å²) in [6, 6.07) is 0. The van der Waals surface area contributed by atoms with Crippen molar-refractivity contribution in [1.82, 2.24) is 0 Å². The van der Waals surface area contributed by atoms with Crippen LogP contribution in [0, 0.1) is 23.2 Å². The van der Waals surface area contributed by atoms with E-state index in [1.807, 2.05) is 0 Å². The minimum Gasteiger partial charge on any atom is -0.298 e. The van der Waals surface area contributed by atoms with Gasteiger partial charge in [0.15, 0.2) is 5.78 Å². The van der Waals surface area contributed by atoms with E-state index < -0.39 is 0 Å². The minimum absolute atomic E-state index is 0.118. The second kappa shape index (κ2) is 7.58. The summed E-state index contributed by atoms with van der Waals surface area (Å²) in [6.07, 6.45) is 15.4. The van der Waals surface area contributed by atoms with Crippen molar-refractivity contribution < 1.29 is 9.59 Å². The molecule has 0 spiro atoms. The first-order valence-corrected chi connectivity index (χ1v) is 10.2. The quantitative estimate of drug-likeness (QED) is 0.460. The lowest BCUT2D eigenvalue weighted by Crippen LogP contribution is -2.32. The molecule has 1 saturated carbocycles. The summed E-state index contributed by atoms with van der Waals surface area (Å²) < 4.78 is 0. The molecule has 3 aliphatic rings. The molecular weight excluding hydrogens is 332 g/mol. The summed E-state index contributed by atoms with van der Waals surface area (Å²) in [6.45, 7) is 10.9. The highest BCUT2D eigenvalue weighted by Gasteiger charge is 2.48. The Balaban J connectivity index is 1.99. The average molecular weight is 365 g/mol. The highest BCUT2D eigenvalue weighted by molar-refractivity contribution is 6.01. The van der Waals surface area contributed by atoms with E-state index in [1.165, 1.54) is 16.7 Å². The zero-order valence-corrected chi connectivity index (χ0v) is 17.3. The van der Waals surface area contributed by atoms with E-state index in [1.54, 1.807) is 6.08 Å². The summed E-state index contributed by atoms with van der Waals surface area (Å²) in [5.74, 6) is 0.510. The van der Waals surface area contributed by atoms with Gasteiger partial charge in [-0.25, -0.2) is 0 Å². The number of carbonyl (C=O) groups excluding carboxylic acids is 2. The molecule has 0 amide bonds. The highest BCUT2D eigenvalue weighted by Crippen LogP contribution is 2.56. The molecule has 0 aromatic rings. The van der Waals surface area contributed by atoms with Gasteiger partial charge in [-0.3, -0.25) is 9.59 Å². The van der Waals surface area contributed by atoms with Crippen LogP contribution in [0.5, 0.6) is 0 Å². The Morgan fingerprint density at radius 3 is 2.67 bits per heavy atom. The Kier molecular flexibility index (Phi) is 5.55. The minimum atomic E-state index is -0.244. The number of hydrogen-bond donors (Lipinski definition) is 0. The molecule has 4 atom stereocenters. The maximum atomic E-state index is 12.5. The fraction of sp³-hybridized carbons (Fsp3) is 0.520. The van der Waals surface area contributed by atoms with Crippen LogP contribution in [0.15, 0.2) is 58.2 Å². The number of rotatable bonds is 3. The SMILES string of the molecule is CC(C)=C/C=C/C(C)=C1\CC[C@]2(C)C[C@@H]3C(C)=CC(=O)[C@H]3/C(C=O)=C\C[C@@H]12. The van der Waals surface area contributed by atoms with E-state index in [2.05, 4.69) is 58.9 Å². The molecule has 3 rings (SSSR count). The molecule has 0 bridgehead atoms. The van der Waals surface area contributed by atoms with Crippen LogP contribution in [0.3, 0.4) is 0 Å². The Hall–Kier alpha value is -1.96. The fourth-order valence-corrected chi connectivity index (χ4v) is 5.39. The highest BCUT2D eigenvalue weighted by atomic mass is 16.1. The van der Waals surface area contributed by atoms with Crippen LogP contribution in [-0.4, -0.2) is 12.1 Å². The van der Waals surface area contributed by atoms with Crippen LogP contribution >= 0.6 is 0 Å². The number of carbonyl (C=O) groups is 2. The summed E-state index contributed by atoms with van der Waals surface area (Å²) in [5.41, 5.74) is 6.22. The molecule has 27 heavy (non-hydrogen) atoms. The van der Waals surface area contributed by atoms with Crippen molar-refractivity contribution in [2.75, 3.05) is 0 Å². The number of fused-ring (bicyclic) bond motifs is 2. The van der Waals surface area contributed by atoms with Crippen molar-refractivity contribution in [3.8, 4) is 0 Å². The summed E-state index contributed by atoms with van der Waals surface area (Å²) in [5, 5.41) is 0. The smallest absolute Gasteiger partial charge is 0.163 e. The van der Waals surface area contributed by atoms with Crippen molar-refractivity contribution in [3.05, 3.63) is 58.2 Å². The van der Waals surface area contributed by atoms with E-state index in [0.717, 1.165) is 37.5 Å². The van der Waals surface area contributed by atoms with Crippen LogP contribution in [0.25, 0.3) is 0 Å². The molecule has 2 nitrogen and oxygen atoms in total. The molecule has 0 saturated heterocycles. The maximum Gasteiger partial charge on any atom is 0.163 e. The van der Waals surface area contributed by atoms with E-state index in [-0.39, 0.29) is 23.0 Å². The van der Waals surface area contributed by atoms with E-state index >= 15 is 0 Å². The van der Waals surface area contributed by atoms with Crippen molar-refractivity contribution in [3.63, 3.8) is 0 Å². The molecular formula is C25H32O2. The molecule has 0 N–H and O–H groups in total. The van der Waals surface area contributed by atoms with Crippen LogP contribution in [0.2, 0.25) is 0 Å². The van der Waals surface area contributed by atoms with Gasteiger partial charge in [-0.2, -0.15) is 0 Å². The summed E-state index contributed by atoms with van der Waals surface area (Å²) in [7, 11) is 0. The van der Waals surface area contributed by atoms with E-state index in [0.29, 0.717) is 11.5 Å². The molecule has 0 radical (unpaired) electrons. The second-order valence-corrected chi connectivity index (χ2v) is 9.15. The van der Waals surface area contributed by atoms with Crippen molar-refractivity contribution in [1.29, 1.82) is 0 Å².